The van der Waals surface area contributed by atoms with Gasteiger partial charge < -0.3 is 0 Å². The molecular weight excluding hydrogens is 428 g/mol. The topological polar surface area (TPSA) is 105 Å². The Bertz CT molecular complexity index is 642. The zero-order chi connectivity index (χ0) is 24.5. The Labute approximate surface area is 197 Å². The van der Waals surface area contributed by atoms with Gasteiger partial charge in [0.25, 0.3) is 0 Å². The number of carbonyl (C=O) groups is 4. The minimum absolute atomic E-state index is 0.0894. The van der Waals surface area contributed by atoms with E-state index in [1.807, 2.05) is 0 Å². The number of hydrogen-bond acceptors (Lipinski definition) is 8. The zero-order valence-corrected chi connectivity index (χ0v) is 20.3. The highest BCUT2D eigenvalue weighted by Gasteiger charge is 2.34. The first-order chi connectivity index (χ1) is 15.8. The second-order valence-electron chi connectivity index (χ2n) is 8.81. The van der Waals surface area contributed by atoms with E-state index in [1.165, 1.54) is 20.3 Å². The molecule has 3 unspecified atom stereocenters. The fourth-order valence-electron chi connectivity index (χ4n) is 4.12. The van der Waals surface area contributed by atoms with Crippen LogP contribution in [-0.4, -0.2) is 23.9 Å². The van der Waals surface area contributed by atoms with Gasteiger partial charge >= 0.3 is 23.9 Å². The molecule has 0 bridgehead atoms. The molecule has 0 saturated carbocycles. The summed E-state index contributed by atoms with van der Waals surface area (Å²) in [6.07, 6.45) is 16.4. The Morgan fingerprint density at radius 3 is 2.00 bits per heavy atom. The van der Waals surface area contributed by atoms with Gasteiger partial charge in [0.15, 0.2) is 0 Å². The molecule has 33 heavy (non-hydrogen) atoms. The highest BCUT2D eigenvalue weighted by molar-refractivity contribution is 5.74. The van der Waals surface area contributed by atoms with Crippen LogP contribution >= 0.6 is 0 Å². The number of unbranched alkanes of at least 4 members (excludes halogenated alkanes) is 7. The molecule has 1 aliphatic rings. The van der Waals surface area contributed by atoms with Crippen molar-refractivity contribution < 1.29 is 38.7 Å². The summed E-state index contributed by atoms with van der Waals surface area (Å²) >= 11 is 0. The minimum Gasteiger partial charge on any atom is -0.248 e. The van der Waals surface area contributed by atoms with E-state index in [1.54, 1.807) is 0 Å². The molecule has 0 saturated heterocycles. The third kappa shape index (κ3) is 13.7. The third-order valence-electron chi connectivity index (χ3n) is 5.85. The van der Waals surface area contributed by atoms with Crippen LogP contribution in [0.3, 0.4) is 0 Å². The van der Waals surface area contributed by atoms with Crippen molar-refractivity contribution in [2.75, 3.05) is 0 Å². The maximum Gasteiger partial charge on any atom is 0.359 e. The Balaban J connectivity index is 2.33. The van der Waals surface area contributed by atoms with E-state index in [0.717, 1.165) is 64.2 Å². The van der Waals surface area contributed by atoms with Gasteiger partial charge in [-0.25, -0.2) is 38.7 Å². The van der Waals surface area contributed by atoms with Crippen LogP contribution in [0.15, 0.2) is 12.2 Å². The highest BCUT2D eigenvalue weighted by atomic mass is 17.2. The summed E-state index contributed by atoms with van der Waals surface area (Å²) in [7, 11) is 0. The normalized spacial score (nSPS) is 19.5. The van der Waals surface area contributed by atoms with Gasteiger partial charge in [-0.05, 0) is 37.5 Å². The summed E-state index contributed by atoms with van der Waals surface area (Å²) in [6.45, 7) is 4.56. The van der Waals surface area contributed by atoms with Gasteiger partial charge in [0.2, 0.25) is 0 Å². The van der Waals surface area contributed by atoms with Crippen molar-refractivity contribution in [2.24, 2.45) is 17.8 Å². The van der Waals surface area contributed by atoms with E-state index in [4.69, 9.17) is 4.89 Å². The molecule has 0 heterocycles. The van der Waals surface area contributed by atoms with Crippen LogP contribution in [0.5, 0.6) is 0 Å². The molecule has 1 rings (SSSR count). The maximum absolute atomic E-state index is 12.5. The van der Waals surface area contributed by atoms with E-state index in [-0.39, 0.29) is 18.3 Å². The molecule has 0 amide bonds. The van der Waals surface area contributed by atoms with Crippen LogP contribution in [0, 0.1) is 17.8 Å². The number of rotatable bonds is 14. The van der Waals surface area contributed by atoms with Gasteiger partial charge in [-0.3, -0.25) is 0 Å². The fraction of sp³-hybridized carbons (Fsp3) is 0.760. The van der Waals surface area contributed by atoms with E-state index >= 15 is 0 Å². The molecule has 0 aliphatic heterocycles. The van der Waals surface area contributed by atoms with Crippen molar-refractivity contribution >= 4 is 23.9 Å². The third-order valence-corrected chi connectivity index (χ3v) is 5.85. The fourth-order valence-corrected chi connectivity index (χ4v) is 4.12. The lowest BCUT2D eigenvalue weighted by Crippen LogP contribution is -2.30. The summed E-state index contributed by atoms with van der Waals surface area (Å²) in [5.74, 6) is -2.11. The average molecular weight is 469 g/mol. The molecule has 0 N–H and O–H groups in total. The molecule has 0 aromatic rings. The Morgan fingerprint density at radius 2 is 1.33 bits per heavy atom. The molecule has 188 valence electrons. The summed E-state index contributed by atoms with van der Waals surface area (Å²) in [5.41, 5.74) is 0. The van der Waals surface area contributed by atoms with Gasteiger partial charge in [-0.2, -0.15) is 0 Å². The molecule has 0 spiro atoms. The van der Waals surface area contributed by atoms with E-state index in [2.05, 4.69) is 33.7 Å². The SMILES string of the molecule is CCCCCC1C=CC(CCCCCCCCC(=O)OOC(C)=O)C(C(=O)OOC(C)=O)C1. The molecule has 1 aliphatic carbocycles. The summed E-state index contributed by atoms with van der Waals surface area (Å²) in [4.78, 5) is 63.3. The van der Waals surface area contributed by atoms with Gasteiger partial charge in [0.05, 0.1) is 12.3 Å². The molecule has 8 heteroatoms. The lowest BCUT2D eigenvalue weighted by molar-refractivity contribution is -0.261. The van der Waals surface area contributed by atoms with Crippen LogP contribution in [0.25, 0.3) is 0 Å². The van der Waals surface area contributed by atoms with Crippen LogP contribution < -0.4 is 0 Å². The van der Waals surface area contributed by atoms with Gasteiger partial charge in [-0.1, -0.05) is 70.4 Å². The number of hydrogen-bond donors (Lipinski definition) is 0. The average Bonchev–Trinajstić information content (AvgIpc) is 2.78. The quantitative estimate of drug-likeness (QED) is 0.142. The van der Waals surface area contributed by atoms with Gasteiger partial charge in [-0.15, -0.1) is 0 Å². The molecule has 0 radical (unpaired) electrons. The van der Waals surface area contributed by atoms with Crippen molar-refractivity contribution in [1.29, 1.82) is 0 Å². The first-order valence-electron chi connectivity index (χ1n) is 12.3. The molecule has 8 nitrogen and oxygen atoms in total. The summed E-state index contributed by atoms with van der Waals surface area (Å²) in [6, 6.07) is 0. The number of carbonyl (C=O) groups excluding carboxylic acids is 4. The molecule has 3 atom stereocenters. The van der Waals surface area contributed by atoms with Crippen molar-refractivity contribution in [3.05, 3.63) is 12.2 Å². The van der Waals surface area contributed by atoms with Crippen molar-refractivity contribution in [3.63, 3.8) is 0 Å². The summed E-state index contributed by atoms with van der Waals surface area (Å²) in [5, 5.41) is 0. The van der Waals surface area contributed by atoms with Gasteiger partial charge in [0, 0.05) is 13.8 Å². The molecule has 0 aromatic heterocycles. The lowest BCUT2D eigenvalue weighted by atomic mass is 9.75. The first-order valence-corrected chi connectivity index (χ1v) is 12.3. The largest absolute Gasteiger partial charge is 0.359 e. The van der Waals surface area contributed by atoms with Crippen molar-refractivity contribution in [1.82, 2.24) is 0 Å². The Morgan fingerprint density at radius 1 is 0.727 bits per heavy atom. The monoisotopic (exact) mass is 468 g/mol. The number of allylic oxidation sites excluding steroid dienone is 2. The van der Waals surface area contributed by atoms with Crippen molar-refractivity contribution in [2.45, 2.75) is 104 Å². The van der Waals surface area contributed by atoms with E-state index in [0.29, 0.717) is 12.3 Å². The second-order valence-corrected chi connectivity index (χ2v) is 8.81. The lowest BCUT2D eigenvalue weighted by Gasteiger charge is -2.30. The first kappa shape index (κ1) is 28.7. The summed E-state index contributed by atoms with van der Waals surface area (Å²) < 4.78 is 0. The van der Waals surface area contributed by atoms with Crippen LogP contribution in [0.4, 0.5) is 0 Å². The maximum atomic E-state index is 12.5. The smallest absolute Gasteiger partial charge is 0.248 e. The second kappa shape index (κ2) is 17.1. The Hall–Kier alpha value is -2.38. The predicted molar refractivity (Wildman–Crippen MR) is 121 cm³/mol. The molecule has 0 aromatic carbocycles. The standard InChI is InChI=1S/C25H40O8/c1-4-5-10-13-21-16-17-22(23(18-21)25(29)33-31-20(3)27)14-11-8-6-7-9-12-15-24(28)32-30-19(2)26/h16-17,21-23H,4-15,18H2,1-3H3. The Kier molecular flexibility index (Phi) is 14.9. The minimum atomic E-state index is -0.648. The zero-order valence-electron chi connectivity index (χ0n) is 20.3. The van der Waals surface area contributed by atoms with Crippen LogP contribution in [0.2, 0.25) is 0 Å². The van der Waals surface area contributed by atoms with Gasteiger partial charge in [0.1, 0.15) is 0 Å². The van der Waals surface area contributed by atoms with E-state index in [9.17, 15) is 19.2 Å². The highest BCUT2D eigenvalue weighted by Crippen LogP contribution is 2.35. The van der Waals surface area contributed by atoms with Crippen molar-refractivity contribution in [3.8, 4) is 0 Å². The van der Waals surface area contributed by atoms with Crippen LogP contribution in [0.1, 0.15) is 104 Å². The molecular formula is C25H40O8. The van der Waals surface area contributed by atoms with Crippen LogP contribution in [-0.2, 0) is 38.7 Å². The molecule has 0 fully saturated rings. The van der Waals surface area contributed by atoms with E-state index < -0.39 is 23.9 Å². The predicted octanol–water partition coefficient (Wildman–Crippen LogP) is 5.54.